The first-order valence-electron chi connectivity index (χ1n) is 5.82. The lowest BCUT2D eigenvalue weighted by atomic mass is 10.1. The van der Waals surface area contributed by atoms with Crippen LogP contribution in [-0.4, -0.2) is 53.3 Å². The molecule has 2 atom stereocenters. The maximum Gasteiger partial charge on any atom is 0.224 e. The van der Waals surface area contributed by atoms with E-state index in [0.29, 0.717) is 24.4 Å². The first-order valence-corrected chi connectivity index (χ1v) is 6.35. The van der Waals surface area contributed by atoms with E-state index in [1.165, 1.54) is 19.4 Å². The Bertz CT molecular complexity index is 247. The zero-order chi connectivity index (χ0) is 10.8. The lowest BCUT2D eigenvalue weighted by Gasteiger charge is -2.42. The van der Waals surface area contributed by atoms with Gasteiger partial charge in [-0.15, -0.1) is 11.6 Å². The van der Waals surface area contributed by atoms with Crippen LogP contribution in [0.3, 0.4) is 0 Å². The minimum absolute atomic E-state index is 0.226. The average Bonchev–Trinajstić information content (AvgIpc) is 2.63. The normalized spacial score (nSPS) is 31.7. The van der Waals surface area contributed by atoms with Crippen molar-refractivity contribution in [2.75, 3.05) is 25.5 Å². The lowest BCUT2D eigenvalue weighted by molar-refractivity contribution is -0.136. The van der Waals surface area contributed by atoms with Gasteiger partial charge in [0.2, 0.25) is 5.91 Å². The van der Waals surface area contributed by atoms with Gasteiger partial charge < -0.3 is 4.90 Å². The molecule has 2 aliphatic rings. The van der Waals surface area contributed by atoms with Gasteiger partial charge in [-0.2, -0.15) is 0 Å². The van der Waals surface area contributed by atoms with Crippen molar-refractivity contribution in [3.63, 3.8) is 0 Å². The molecule has 2 fully saturated rings. The zero-order valence-corrected chi connectivity index (χ0v) is 10.0. The summed E-state index contributed by atoms with van der Waals surface area (Å²) in [7, 11) is 0. The molecular formula is C11H19ClN2O. The molecule has 0 spiro atoms. The molecule has 0 bridgehead atoms. The van der Waals surface area contributed by atoms with Gasteiger partial charge in [0.05, 0.1) is 0 Å². The van der Waals surface area contributed by atoms with Gasteiger partial charge in [0.1, 0.15) is 0 Å². The summed E-state index contributed by atoms with van der Waals surface area (Å²) in [6, 6.07) is 0.968. The lowest BCUT2D eigenvalue weighted by Crippen LogP contribution is -2.56. The highest BCUT2D eigenvalue weighted by atomic mass is 35.5. The molecule has 2 rings (SSSR count). The minimum atomic E-state index is 0.226. The molecule has 2 aliphatic heterocycles. The first kappa shape index (κ1) is 11.2. The number of amides is 1. The smallest absolute Gasteiger partial charge is 0.224 e. The van der Waals surface area contributed by atoms with E-state index in [-0.39, 0.29) is 5.91 Å². The molecule has 0 aromatic rings. The molecule has 4 heteroatoms. The number of carbonyl (C=O) groups is 1. The quantitative estimate of drug-likeness (QED) is 0.668. The number of nitrogens with zero attached hydrogens (tertiary/aromatic N) is 2. The van der Waals surface area contributed by atoms with Crippen LogP contribution in [0.2, 0.25) is 0 Å². The second-order valence-electron chi connectivity index (χ2n) is 4.63. The molecule has 1 amide bonds. The largest absolute Gasteiger partial charge is 0.337 e. The van der Waals surface area contributed by atoms with Crippen LogP contribution in [-0.2, 0) is 4.79 Å². The van der Waals surface area contributed by atoms with Gasteiger partial charge in [-0.25, -0.2) is 0 Å². The minimum Gasteiger partial charge on any atom is -0.337 e. The Morgan fingerprint density at radius 2 is 2.27 bits per heavy atom. The third-order valence-corrected chi connectivity index (χ3v) is 3.75. The van der Waals surface area contributed by atoms with Gasteiger partial charge in [0.25, 0.3) is 0 Å². The van der Waals surface area contributed by atoms with Gasteiger partial charge in [0, 0.05) is 37.5 Å². The van der Waals surface area contributed by atoms with E-state index in [1.807, 2.05) is 4.90 Å². The van der Waals surface area contributed by atoms with Crippen molar-refractivity contribution in [3.8, 4) is 0 Å². The van der Waals surface area contributed by atoms with Crippen molar-refractivity contribution in [2.24, 2.45) is 0 Å². The topological polar surface area (TPSA) is 23.6 Å². The number of fused-ring (bicyclic) bond motifs is 1. The summed E-state index contributed by atoms with van der Waals surface area (Å²) in [5, 5.41) is 0. The molecule has 0 saturated carbocycles. The highest BCUT2D eigenvalue weighted by molar-refractivity contribution is 6.18. The van der Waals surface area contributed by atoms with Crippen molar-refractivity contribution >= 4 is 17.5 Å². The van der Waals surface area contributed by atoms with E-state index in [1.54, 1.807) is 0 Å². The maximum atomic E-state index is 11.8. The van der Waals surface area contributed by atoms with Gasteiger partial charge in [-0.1, -0.05) is 0 Å². The van der Waals surface area contributed by atoms with Crippen LogP contribution in [0.15, 0.2) is 0 Å². The van der Waals surface area contributed by atoms with Gasteiger partial charge in [-0.3, -0.25) is 9.69 Å². The van der Waals surface area contributed by atoms with Gasteiger partial charge in [-0.05, 0) is 26.3 Å². The van der Waals surface area contributed by atoms with Crippen LogP contribution in [0, 0.1) is 0 Å². The van der Waals surface area contributed by atoms with Crippen molar-refractivity contribution in [3.05, 3.63) is 0 Å². The van der Waals surface area contributed by atoms with Crippen molar-refractivity contribution in [1.82, 2.24) is 9.80 Å². The molecule has 0 N–H and O–H groups in total. The number of alkyl halides is 1. The van der Waals surface area contributed by atoms with Crippen LogP contribution >= 0.6 is 11.6 Å². The maximum absolute atomic E-state index is 11.8. The molecule has 0 aromatic heterocycles. The van der Waals surface area contributed by atoms with Crippen molar-refractivity contribution in [1.29, 1.82) is 0 Å². The molecule has 3 nitrogen and oxygen atoms in total. The predicted octanol–water partition coefficient (Wildman–Crippen LogP) is 1.31. The van der Waals surface area contributed by atoms with Crippen LogP contribution < -0.4 is 0 Å². The third kappa shape index (κ3) is 2.28. The summed E-state index contributed by atoms with van der Waals surface area (Å²) in [4.78, 5) is 16.4. The molecule has 15 heavy (non-hydrogen) atoms. The molecule has 0 aliphatic carbocycles. The van der Waals surface area contributed by atoms with Crippen molar-refractivity contribution < 1.29 is 4.79 Å². The molecule has 2 unspecified atom stereocenters. The van der Waals surface area contributed by atoms with Crippen molar-refractivity contribution in [2.45, 2.75) is 38.3 Å². The highest BCUT2D eigenvalue weighted by Gasteiger charge is 2.35. The fourth-order valence-corrected chi connectivity index (χ4v) is 2.92. The first-order chi connectivity index (χ1) is 7.22. The number of piperazine rings is 1. The predicted molar refractivity (Wildman–Crippen MR) is 61.1 cm³/mol. The Kier molecular flexibility index (Phi) is 3.52. The van der Waals surface area contributed by atoms with Crippen LogP contribution in [0.4, 0.5) is 0 Å². The third-order valence-electron chi connectivity index (χ3n) is 3.57. The number of carbonyl (C=O) groups excluding carboxylic acids is 1. The fraction of sp³-hybridized carbons (Fsp3) is 0.909. The van der Waals surface area contributed by atoms with E-state index in [9.17, 15) is 4.79 Å². The second-order valence-corrected chi connectivity index (χ2v) is 5.00. The summed E-state index contributed by atoms with van der Waals surface area (Å²) in [5.41, 5.74) is 0. The number of halogens is 1. The molecule has 2 heterocycles. The Morgan fingerprint density at radius 3 is 3.00 bits per heavy atom. The fourth-order valence-electron chi connectivity index (χ4n) is 2.76. The van der Waals surface area contributed by atoms with Crippen LogP contribution in [0.1, 0.15) is 26.2 Å². The van der Waals surface area contributed by atoms with E-state index >= 15 is 0 Å². The molecule has 86 valence electrons. The second kappa shape index (κ2) is 4.71. The van der Waals surface area contributed by atoms with E-state index < -0.39 is 0 Å². The van der Waals surface area contributed by atoms with E-state index in [0.717, 1.165) is 13.1 Å². The molecule has 0 radical (unpaired) electrons. The number of hydrogen-bond donors (Lipinski definition) is 0. The standard InChI is InChI=1S/C11H19ClN2O/c1-9-7-13-6-2-3-10(13)8-14(9)11(15)4-5-12/h9-10H,2-8H2,1H3. The zero-order valence-electron chi connectivity index (χ0n) is 9.29. The van der Waals surface area contributed by atoms with Gasteiger partial charge in [0.15, 0.2) is 0 Å². The highest BCUT2D eigenvalue weighted by Crippen LogP contribution is 2.24. The molecule has 2 saturated heterocycles. The molecular weight excluding hydrogens is 212 g/mol. The summed E-state index contributed by atoms with van der Waals surface area (Å²) in [6.07, 6.45) is 3.02. The summed E-state index contributed by atoms with van der Waals surface area (Å²) in [6.45, 7) is 5.31. The number of rotatable bonds is 2. The SMILES string of the molecule is CC1CN2CCCC2CN1C(=O)CCCl. The average molecular weight is 231 g/mol. The summed E-state index contributed by atoms with van der Waals surface area (Å²) in [5.74, 6) is 0.667. The Labute approximate surface area is 96.4 Å². The summed E-state index contributed by atoms with van der Waals surface area (Å²) < 4.78 is 0. The van der Waals surface area contributed by atoms with Crippen LogP contribution in [0.5, 0.6) is 0 Å². The van der Waals surface area contributed by atoms with E-state index in [2.05, 4.69) is 11.8 Å². The Morgan fingerprint density at radius 1 is 1.47 bits per heavy atom. The molecule has 0 aromatic carbocycles. The Balaban J connectivity index is 1.97. The van der Waals surface area contributed by atoms with Crippen LogP contribution in [0.25, 0.3) is 0 Å². The van der Waals surface area contributed by atoms with Gasteiger partial charge >= 0.3 is 0 Å². The summed E-state index contributed by atoms with van der Waals surface area (Å²) >= 11 is 5.62. The van der Waals surface area contributed by atoms with E-state index in [4.69, 9.17) is 11.6 Å². The monoisotopic (exact) mass is 230 g/mol. The Hall–Kier alpha value is -0.280. The number of hydrogen-bond acceptors (Lipinski definition) is 2.